The van der Waals surface area contributed by atoms with Crippen molar-refractivity contribution in [1.82, 2.24) is 14.3 Å². The SMILES string of the molecule is Cc1cccn2c(=O)c(/C=C3/SC(=S)N(CC4CCCO4)C3=O)c(N3CCN(c4ccc(F)cc4)CC3)nc12. The minimum Gasteiger partial charge on any atom is -0.376 e. The first-order chi connectivity index (χ1) is 18.9. The molecule has 202 valence electrons. The van der Waals surface area contributed by atoms with E-state index in [0.29, 0.717) is 65.6 Å². The van der Waals surface area contributed by atoms with Crippen LogP contribution in [-0.2, 0) is 9.53 Å². The molecule has 0 radical (unpaired) electrons. The molecule has 3 aliphatic rings. The molecule has 1 atom stereocenters. The molecule has 1 aromatic carbocycles. The van der Waals surface area contributed by atoms with Crippen molar-refractivity contribution in [3.63, 3.8) is 0 Å². The van der Waals surface area contributed by atoms with Crippen LogP contribution >= 0.6 is 24.0 Å². The number of fused-ring (bicyclic) bond motifs is 1. The fourth-order valence-corrected chi connectivity index (χ4v) is 6.53. The van der Waals surface area contributed by atoms with E-state index < -0.39 is 0 Å². The summed E-state index contributed by atoms with van der Waals surface area (Å²) >= 11 is 6.74. The number of piperazine rings is 1. The lowest BCUT2D eigenvalue weighted by atomic mass is 10.2. The quantitative estimate of drug-likeness (QED) is 0.342. The summed E-state index contributed by atoms with van der Waals surface area (Å²) in [5.74, 6) is 0.0817. The van der Waals surface area contributed by atoms with E-state index >= 15 is 0 Å². The number of hydrogen-bond donors (Lipinski definition) is 0. The summed E-state index contributed by atoms with van der Waals surface area (Å²) in [5, 5.41) is 0. The summed E-state index contributed by atoms with van der Waals surface area (Å²) in [6.07, 6.45) is 5.22. The van der Waals surface area contributed by atoms with E-state index in [1.54, 1.807) is 29.3 Å². The van der Waals surface area contributed by atoms with E-state index in [-0.39, 0.29) is 23.4 Å². The zero-order chi connectivity index (χ0) is 27.1. The standard InChI is InChI=1S/C28H28FN5O3S2/c1-18-4-2-10-33-24(18)30-25(32-13-11-31(12-14-32)20-8-6-19(29)7-9-20)22(26(33)35)16-23-27(36)34(28(38)39-23)17-21-5-3-15-37-21/h2,4,6-10,16,21H,3,5,11-15,17H2,1H3/b23-16+. The van der Waals surface area contributed by atoms with E-state index in [1.165, 1.54) is 28.3 Å². The van der Waals surface area contributed by atoms with Gasteiger partial charge in [0.2, 0.25) is 0 Å². The lowest BCUT2D eigenvalue weighted by molar-refractivity contribution is -0.123. The average Bonchev–Trinajstić information content (AvgIpc) is 3.55. The van der Waals surface area contributed by atoms with Crippen molar-refractivity contribution in [2.24, 2.45) is 0 Å². The average molecular weight is 566 g/mol. The van der Waals surface area contributed by atoms with Gasteiger partial charge in [0.1, 0.15) is 21.6 Å². The van der Waals surface area contributed by atoms with Crippen molar-refractivity contribution in [3.8, 4) is 0 Å². The number of nitrogens with zero attached hydrogens (tertiary/aromatic N) is 5. The molecule has 3 fully saturated rings. The molecule has 39 heavy (non-hydrogen) atoms. The second-order valence-corrected chi connectivity index (χ2v) is 11.6. The number of aromatic nitrogens is 2. The molecular weight excluding hydrogens is 537 g/mol. The highest BCUT2D eigenvalue weighted by atomic mass is 32.2. The summed E-state index contributed by atoms with van der Waals surface area (Å²) in [6.45, 7) is 5.65. The number of hydrogen-bond acceptors (Lipinski definition) is 8. The molecule has 0 spiro atoms. The molecule has 3 saturated heterocycles. The zero-order valence-corrected chi connectivity index (χ0v) is 23.1. The number of anilines is 2. The maximum Gasteiger partial charge on any atom is 0.267 e. The van der Waals surface area contributed by atoms with Crippen LogP contribution in [0.2, 0.25) is 0 Å². The van der Waals surface area contributed by atoms with Gasteiger partial charge >= 0.3 is 0 Å². The molecule has 5 heterocycles. The highest BCUT2D eigenvalue weighted by molar-refractivity contribution is 8.26. The summed E-state index contributed by atoms with van der Waals surface area (Å²) in [6, 6.07) is 10.2. The first kappa shape index (κ1) is 26.0. The van der Waals surface area contributed by atoms with Crippen molar-refractivity contribution in [2.45, 2.75) is 25.9 Å². The highest BCUT2D eigenvalue weighted by Crippen LogP contribution is 2.34. The third-order valence-corrected chi connectivity index (χ3v) is 8.77. The molecule has 1 amide bonds. The molecule has 11 heteroatoms. The van der Waals surface area contributed by atoms with Gasteiger partial charge in [-0.05, 0) is 61.7 Å². The van der Waals surface area contributed by atoms with Crippen LogP contribution in [0.1, 0.15) is 24.0 Å². The molecule has 6 rings (SSSR count). The van der Waals surface area contributed by atoms with Gasteiger partial charge in [0.05, 0.1) is 23.1 Å². The van der Waals surface area contributed by atoms with Crippen LogP contribution in [0.15, 0.2) is 52.3 Å². The minimum atomic E-state index is -0.264. The van der Waals surface area contributed by atoms with Crippen molar-refractivity contribution in [2.75, 3.05) is 49.1 Å². The van der Waals surface area contributed by atoms with Gasteiger partial charge in [-0.1, -0.05) is 30.0 Å². The van der Waals surface area contributed by atoms with Gasteiger partial charge in [-0.2, -0.15) is 0 Å². The van der Waals surface area contributed by atoms with Gasteiger partial charge in [-0.3, -0.25) is 18.9 Å². The van der Waals surface area contributed by atoms with Crippen molar-refractivity contribution >= 4 is 57.4 Å². The predicted molar refractivity (Wildman–Crippen MR) is 156 cm³/mol. The Morgan fingerprint density at radius 2 is 1.87 bits per heavy atom. The fourth-order valence-electron chi connectivity index (χ4n) is 5.28. The summed E-state index contributed by atoms with van der Waals surface area (Å²) in [5.41, 5.74) is 2.56. The molecule has 3 aromatic rings. The molecule has 0 aliphatic carbocycles. The van der Waals surface area contributed by atoms with Crippen LogP contribution < -0.4 is 15.4 Å². The Labute approximate surface area is 235 Å². The van der Waals surface area contributed by atoms with Crippen molar-refractivity contribution < 1.29 is 13.9 Å². The maximum absolute atomic E-state index is 13.8. The molecule has 0 bridgehead atoms. The Bertz CT molecular complexity index is 1530. The second kappa shape index (κ2) is 10.7. The number of carbonyl (C=O) groups excluding carboxylic acids is 1. The van der Waals surface area contributed by atoms with Crippen LogP contribution in [0.3, 0.4) is 0 Å². The van der Waals surface area contributed by atoms with E-state index in [4.69, 9.17) is 21.9 Å². The number of amides is 1. The number of benzene rings is 1. The smallest absolute Gasteiger partial charge is 0.267 e. The van der Waals surface area contributed by atoms with E-state index in [2.05, 4.69) is 9.80 Å². The molecule has 3 aliphatic heterocycles. The Morgan fingerprint density at radius 1 is 1.13 bits per heavy atom. The summed E-state index contributed by atoms with van der Waals surface area (Å²) in [7, 11) is 0. The number of rotatable bonds is 5. The van der Waals surface area contributed by atoms with Crippen molar-refractivity contribution in [1.29, 1.82) is 0 Å². The van der Waals surface area contributed by atoms with Crippen LogP contribution in [0.4, 0.5) is 15.9 Å². The number of pyridine rings is 1. The Kier molecular flexibility index (Phi) is 7.13. The van der Waals surface area contributed by atoms with E-state index in [1.807, 2.05) is 19.1 Å². The Morgan fingerprint density at radius 3 is 2.59 bits per heavy atom. The molecule has 1 unspecified atom stereocenters. The molecule has 0 N–H and O–H groups in total. The zero-order valence-electron chi connectivity index (χ0n) is 21.5. The third kappa shape index (κ3) is 5.06. The van der Waals surface area contributed by atoms with Crippen LogP contribution in [0, 0.1) is 12.7 Å². The number of thioether (sulfide) groups is 1. The summed E-state index contributed by atoms with van der Waals surface area (Å²) < 4.78 is 21.1. The van der Waals surface area contributed by atoms with E-state index in [9.17, 15) is 14.0 Å². The monoisotopic (exact) mass is 565 g/mol. The predicted octanol–water partition coefficient (Wildman–Crippen LogP) is 3.85. The molecule has 8 nitrogen and oxygen atoms in total. The Hall–Kier alpha value is -3.28. The topological polar surface area (TPSA) is 70.4 Å². The van der Waals surface area contributed by atoms with Gasteiger partial charge in [0, 0.05) is 44.7 Å². The van der Waals surface area contributed by atoms with Crippen LogP contribution in [-0.4, -0.2) is 69.9 Å². The largest absolute Gasteiger partial charge is 0.376 e. The number of thiocarbonyl (C=S) groups is 1. The third-order valence-electron chi connectivity index (χ3n) is 7.39. The van der Waals surface area contributed by atoms with E-state index in [0.717, 1.165) is 24.1 Å². The lowest BCUT2D eigenvalue weighted by Crippen LogP contribution is -2.47. The van der Waals surface area contributed by atoms with Crippen LogP contribution in [0.25, 0.3) is 11.7 Å². The fraction of sp³-hybridized carbons (Fsp3) is 0.357. The van der Waals surface area contributed by atoms with Crippen molar-refractivity contribution in [3.05, 3.63) is 74.8 Å². The van der Waals surface area contributed by atoms with Gasteiger partial charge in [0.15, 0.2) is 0 Å². The summed E-state index contributed by atoms with van der Waals surface area (Å²) in [4.78, 5) is 38.4. The number of aryl methyl sites for hydroxylation is 1. The molecule has 0 saturated carbocycles. The highest BCUT2D eigenvalue weighted by Gasteiger charge is 2.35. The number of halogens is 1. The van der Waals surface area contributed by atoms with Gasteiger partial charge in [-0.25, -0.2) is 9.37 Å². The maximum atomic E-state index is 13.8. The first-order valence-corrected chi connectivity index (χ1v) is 14.3. The molecular formula is C28H28FN5O3S2. The normalized spacial score (nSPS) is 21.1. The minimum absolute atomic E-state index is 0.0178. The van der Waals surface area contributed by atoms with Gasteiger partial charge < -0.3 is 14.5 Å². The second-order valence-electron chi connectivity index (χ2n) is 9.92. The number of carbonyl (C=O) groups is 1. The lowest BCUT2D eigenvalue weighted by Gasteiger charge is -2.37. The first-order valence-electron chi connectivity index (χ1n) is 13.0. The van der Waals surface area contributed by atoms with Gasteiger partial charge in [0.25, 0.3) is 11.5 Å². The Balaban J connectivity index is 1.34. The van der Waals surface area contributed by atoms with Crippen LogP contribution in [0.5, 0.6) is 0 Å². The number of ether oxygens (including phenoxy) is 1. The van der Waals surface area contributed by atoms with Gasteiger partial charge in [-0.15, -0.1) is 0 Å². The molecule has 2 aromatic heterocycles.